The number of para-hydroxylation sites is 1. The topological polar surface area (TPSA) is 74.2 Å². The second kappa shape index (κ2) is 7.62. The first-order valence-corrected chi connectivity index (χ1v) is 8.83. The van der Waals surface area contributed by atoms with Crippen molar-refractivity contribution in [1.29, 1.82) is 0 Å². The van der Waals surface area contributed by atoms with Crippen molar-refractivity contribution in [1.82, 2.24) is 10.3 Å². The minimum atomic E-state index is -0.372. The number of amides is 1. The smallest absolute Gasteiger partial charge is 0.234 e. The van der Waals surface area contributed by atoms with E-state index in [0.717, 1.165) is 11.2 Å². The minimum Gasteiger partial charge on any atom is -0.378 e. The zero-order valence-electron chi connectivity index (χ0n) is 15.5. The van der Waals surface area contributed by atoms with E-state index < -0.39 is 0 Å². The molecule has 0 saturated heterocycles. The summed E-state index contributed by atoms with van der Waals surface area (Å²) in [6.07, 6.45) is 2.06. The Morgan fingerprint density at radius 2 is 1.85 bits per heavy atom. The fraction of sp³-hybridized carbons (Fsp3) is 0.286. The molecule has 0 aliphatic heterocycles. The first-order chi connectivity index (χ1) is 12.5. The van der Waals surface area contributed by atoms with Crippen LogP contribution in [-0.4, -0.2) is 37.6 Å². The number of anilines is 1. The van der Waals surface area contributed by atoms with Crippen LogP contribution in [0.15, 0.2) is 54.7 Å². The van der Waals surface area contributed by atoms with Gasteiger partial charge < -0.3 is 20.9 Å². The van der Waals surface area contributed by atoms with Gasteiger partial charge in [0.2, 0.25) is 5.91 Å². The molecule has 0 bridgehead atoms. The Hall–Kier alpha value is -2.79. The molecule has 3 rings (SSSR count). The summed E-state index contributed by atoms with van der Waals surface area (Å²) < 4.78 is 0. The van der Waals surface area contributed by atoms with Crippen LogP contribution in [-0.2, 0) is 4.79 Å². The molecular weight excluding hydrogens is 324 g/mol. The Bertz CT molecular complexity index is 882. The molecule has 0 unspecified atom stereocenters. The lowest BCUT2D eigenvalue weighted by Crippen LogP contribution is -2.40. The van der Waals surface area contributed by atoms with Gasteiger partial charge in [-0.15, -0.1) is 0 Å². The first-order valence-electron chi connectivity index (χ1n) is 8.83. The molecular formula is C21H26N4O. The molecule has 0 aliphatic rings. The normalized spacial score (nSPS) is 13.5. The van der Waals surface area contributed by atoms with Crippen molar-refractivity contribution >= 4 is 22.5 Å². The minimum absolute atomic E-state index is 0.115. The number of carbonyl (C=O) groups excluding carboxylic acids is 1. The van der Waals surface area contributed by atoms with Crippen LogP contribution in [0.5, 0.6) is 0 Å². The van der Waals surface area contributed by atoms with E-state index in [-0.39, 0.29) is 17.9 Å². The van der Waals surface area contributed by atoms with Gasteiger partial charge in [-0.05, 0) is 36.2 Å². The number of nitrogens with zero attached hydrogens (tertiary/aromatic N) is 1. The van der Waals surface area contributed by atoms with Crippen molar-refractivity contribution in [2.24, 2.45) is 5.73 Å². The van der Waals surface area contributed by atoms with Crippen molar-refractivity contribution in [3.8, 4) is 0 Å². The summed E-state index contributed by atoms with van der Waals surface area (Å²) in [5, 5.41) is 4.47. The SMILES string of the molecule is C[C@H](NC[C@@H](c1ccc(N(C)C)cc1)c1c[nH]c2ccccc12)C(N)=O. The number of fused-ring (bicyclic) bond motifs is 1. The highest BCUT2D eigenvalue weighted by atomic mass is 16.1. The van der Waals surface area contributed by atoms with E-state index in [1.807, 2.05) is 26.2 Å². The molecule has 136 valence electrons. The van der Waals surface area contributed by atoms with Crippen LogP contribution in [0.25, 0.3) is 10.9 Å². The van der Waals surface area contributed by atoms with E-state index in [1.165, 1.54) is 16.5 Å². The third-order valence-corrected chi connectivity index (χ3v) is 4.86. The van der Waals surface area contributed by atoms with Crippen LogP contribution in [0.4, 0.5) is 5.69 Å². The Kier molecular flexibility index (Phi) is 5.28. The van der Waals surface area contributed by atoms with E-state index in [1.54, 1.807) is 6.92 Å². The molecule has 1 heterocycles. The molecule has 5 heteroatoms. The van der Waals surface area contributed by atoms with Gasteiger partial charge >= 0.3 is 0 Å². The molecule has 0 saturated carbocycles. The average molecular weight is 350 g/mol. The highest BCUT2D eigenvalue weighted by molar-refractivity contribution is 5.84. The predicted octanol–water partition coefficient (Wildman–Crippen LogP) is 2.83. The fourth-order valence-electron chi connectivity index (χ4n) is 3.19. The molecule has 1 amide bonds. The quantitative estimate of drug-likeness (QED) is 0.613. The number of hydrogen-bond donors (Lipinski definition) is 3. The number of benzene rings is 2. The zero-order valence-corrected chi connectivity index (χ0v) is 15.5. The van der Waals surface area contributed by atoms with Gasteiger partial charge in [-0.1, -0.05) is 30.3 Å². The Balaban J connectivity index is 1.97. The third-order valence-electron chi connectivity index (χ3n) is 4.86. The number of nitrogens with one attached hydrogen (secondary N) is 2. The highest BCUT2D eigenvalue weighted by Crippen LogP contribution is 2.31. The molecule has 0 radical (unpaired) electrons. The summed E-state index contributed by atoms with van der Waals surface area (Å²) in [4.78, 5) is 16.8. The van der Waals surface area contributed by atoms with Gasteiger partial charge in [-0.3, -0.25) is 4.79 Å². The third kappa shape index (κ3) is 3.73. The molecule has 5 nitrogen and oxygen atoms in total. The molecule has 1 aromatic heterocycles. The summed E-state index contributed by atoms with van der Waals surface area (Å²) in [7, 11) is 4.06. The fourth-order valence-corrected chi connectivity index (χ4v) is 3.19. The number of primary amides is 1. The Morgan fingerprint density at radius 1 is 1.15 bits per heavy atom. The summed E-state index contributed by atoms with van der Waals surface area (Å²) in [6, 6.07) is 16.4. The van der Waals surface area contributed by atoms with Crippen molar-refractivity contribution in [2.75, 3.05) is 25.5 Å². The first kappa shape index (κ1) is 18.0. The van der Waals surface area contributed by atoms with Crippen LogP contribution >= 0.6 is 0 Å². The maximum absolute atomic E-state index is 11.4. The number of aromatic amines is 1. The van der Waals surface area contributed by atoms with Gasteiger partial charge in [-0.25, -0.2) is 0 Å². The van der Waals surface area contributed by atoms with E-state index in [2.05, 4.69) is 57.8 Å². The Morgan fingerprint density at radius 3 is 2.50 bits per heavy atom. The van der Waals surface area contributed by atoms with E-state index in [9.17, 15) is 4.79 Å². The van der Waals surface area contributed by atoms with Gasteiger partial charge in [0.05, 0.1) is 6.04 Å². The number of rotatable bonds is 7. The van der Waals surface area contributed by atoms with Gasteiger partial charge in [0.15, 0.2) is 0 Å². The van der Waals surface area contributed by atoms with Gasteiger partial charge in [0, 0.05) is 49.3 Å². The summed E-state index contributed by atoms with van der Waals surface area (Å²) in [6.45, 7) is 2.43. The van der Waals surface area contributed by atoms with Crippen LogP contribution in [0.2, 0.25) is 0 Å². The van der Waals surface area contributed by atoms with Crippen LogP contribution in [0, 0.1) is 0 Å². The van der Waals surface area contributed by atoms with Crippen molar-refractivity contribution < 1.29 is 4.79 Å². The standard InChI is InChI=1S/C21H26N4O/c1-14(21(22)26)23-12-18(15-8-10-16(11-9-15)25(2)3)19-13-24-20-7-5-4-6-17(19)20/h4-11,13-14,18,23-24H,12H2,1-3H3,(H2,22,26)/t14-,18-/m0/s1. The lowest BCUT2D eigenvalue weighted by Gasteiger charge is -2.21. The van der Waals surface area contributed by atoms with Crippen molar-refractivity contribution in [2.45, 2.75) is 18.9 Å². The van der Waals surface area contributed by atoms with Crippen LogP contribution < -0.4 is 16.0 Å². The van der Waals surface area contributed by atoms with E-state index in [0.29, 0.717) is 6.54 Å². The average Bonchev–Trinajstić information content (AvgIpc) is 3.06. The molecule has 2 aromatic carbocycles. The van der Waals surface area contributed by atoms with Gasteiger partial charge in [0.25, 0.3) is 0 Å². The predicted molar refractivity (Wildman–Crippen MR) is 108 cm³/mol. The highest BCUT2D eigenvalue weighted by Gasteiger charge is 2.20. The van der Waals surface area contributed by atoms with Crippen molar-refractivity contribution in [3.05, 3.63) is 65.9 Å². The van der Waals surface area contributed by atoms with Gasteiger partial charge in [0.1, 0.15) is 0 Å². The summed E-state index contributed by atoms with van der Waals surface area (Å²) >= 11 is 0. The van der Waals surface area contributed by atoms with Crippen molar-refractivity contribution in [3.63, 3.8) is 0 Å². The molecule has 2 atom stereocenters. The number of nitrogens with two attached hydrogens (primary N) is 1. The zero-order chi connectivity index (χ0) is 18.7. The number of hydrogen-bond acceptors (Lipinski definition) is 3. The molecule has 0 fully saturated rings. The second-order valence-corrected chi connectivity index (χ2v) is 6.86. The van der Waals surface area contributed by atoms with E-state index >= 15 is 0 Å². The number of H-pyrrole nitrogens is 1. The molecule has 4 N–H and O–H groups in total. The summed E-state index contributed by atoms with van der Waals surface area (Å²) in [5.74, 6) is -0.227. The lowest BCUT2D eigenvalue weighted by molar-refractivity contribution is -0.119. The number of aromatic nitrogens is 1. The molecule has 26 heavy (non-hydrogen) atoms. The Labute approximate surface area is 154 Å². The summed E-state index contributed by atoms with van der Waals surface area (Å²) in [5.41, 5.74) is 10.1. The molecule has 0 aliphatic carbocycles. The monoisotopic (exact) mass is 350 g/mol. The second-order valence-electron chi connectivity index (χ2n) is 6.86. The van der Waals surface area contributed by atoms with Crippen LogP contribution in [0.3, 0.4) is 0 Å². The molecule has 3 aromatic rings. The van der Waals surface area contributed by atoms with E-state index in [4.69, 9.17) is 5.73 Å². The maximum Gasteiger partial charge on any atom is 0.234 e. The number of carbonyl (C=O) groups is 1. The van der Waals surface area contributed by atoms with Gasteiger partial charge in [-0.2, -0.15) is 0 Å². The molecule has 0 spiro atoms. The van der Waals surface area contributed by atoms with Crippen LogP contribution in [0.1, 0.15) is 24.0 Å². The largest absolute Gasteiger partial charge is 0.378 e. The maximum atomic E-state index is 11.4. The lowest BCUT2D eigenvalue weighted by atomic mass is 9.90.